The molecule has 2 unspecified atom stereocenters. The maximum atomic E-state index is 6.79. The number of rotatable bonds is 4. The van der Waals surface area contributed by atoms with E-state index < -0.39 is 0 Å². The molecule has 3 aliphatic carbocycles. The zero-order chi connectivity index (χ0) is 34.3. The van der Waals surface area contributed by atoms with Crippen molar-refractivity contribution in [2.45, 2.75) is 26.2 Å². The highest BCUT2D eigenvalue weighted by Crippen LogP contribution is 2.49. The number of allylic oxidation sites excluding steroid dienone is 4. The summed E-state index contributed by atoms with van der Waals surface area (Å²) in [4.78, 5) is 10.4. The van der Waals surface area contributed by atoms with Crippen molar-refractivity contribution < 1.29 is 4.42 Å². The van der Waals surface area contributed by atoms with Crippen LogP contribution in [-0.2, 0) is 5.41 Å². The summed E-state index contributed by atoms with van der Waals surface area (Å²) in [7, 11) is 0. The van der Waals surface area contributed by atoms with Crippen molar-refractivity contribution in [2.24, 2.45) is 11.8 Å². The fourth-order valence-electron chi connectivity index (χ4n) is 8.70. The number of hydrogen-bond donors (Lipinski definition) is 0. The number of benzene rings is 5. The molecular formula is C48H36N2O. The van der Waals surface area contributed by atoms with Crippen molar-refractivity contribution in [3.05, 3.63) is 179 Å². The van der Waals surface area contributed by atoms with Crippen molar-refractivity contribution in [3.8, 4) is 45.0 Å². The number of nitrogens with zero attached hydrogens (tertiary/aromatic N) is 2. The topological polar surface area (TPSA) is 38.9 Å². The number of hydrogen-bond acceptors (Lipinski definition) is 3. The SMILES string of the molecule is CC1C(c2ccccc2)=c2oc3ccc(-c4cc(-c5ccc6c(c5)C(C)(C)c5ccccc5-6)nc(-c5ccccc5)n4)cc3c2=C2C=CC=CC21. The Kier molecular flexibility index (Phi) is 6.57. The fraction of sp³-hybridized carbons (Fsp3) is 0.125. The maximum absolute atomic E-state index is 6.79. The van der Waals surface area contributed by atoms with E-state index in [-0.39, 0.29) is 17.3 Å². The van der Waals surface area contributed by atoms with E-state index in [0.29, 0.717) is 5.82 Å². The molecule has 0 saturated carbocycles. The largest absolute Gasteiger partial charge is 0.456 e. The summed E-state index contributed by atoms with van der Waals surface area (Å²) >= 11 is 0. The molecule has 0 bridgehead atoms. The van der Waals surface area contributed by atoms with E-state index in [2.05, 4.69) is 154 Å². The lowest BCUT2D eigenvalue weighted by Crippen LogP contribution is -2.37. The minimum Gasteiger partial charge on any atom is -0.456 e. The molecule has 2 aromatic heterocycles. The van der Waals surface area contributed by atoms with Gasteiger partial charge in [-0.1, -0.05) is 142 Å². The molecule has 0 saturated heterocycles. The first-order chi connectivity index (χ1) is 25.0. The van der Waals surface area contributed by atoms with Gasteiger partial charge in [0.2, 0.25) is 0 Å². The maximum Gasteiger partial charge on any atom is 0.160 e. The summed E-state index contributed by atoms with van der Waals surface area (Å²) in [5.74, 6) is 1.26. The zero-order valence-electron chi connectivity index (χ0n) is 28.9. The van der Waals surface area contributed by atoms with Crippen LogP contribution in [0.25, 0.3) is 67.1 Å². The average Bonchev–Trinajstić information content (AvgIpc) is 3.67. The average molecular weight is 657 g/mol. The summed E-state index contributed by atoms with van der Waals surface area (Å²) < 4.78 is 6.79. The smallest absolute Gasteiger partial charge is 0.160 e. The predicted molar refractivity (Wildman–Crippen MR) is 208 cm³/mol. The molecule has 51 heavy (non-hydrogen) atoms. The molecule has 3 aliphatic rings. The molecule has 244 valence electrons. The Morgan fingerprint density at radius 1 is 0.608 bits per heavy atom. The van der Waals surface area contributed by atoms with Crippen molar-refractivity contribution in [1.82, 2.24) is 9.97 Å². The minimum absolute atomic E-state index is 0.100. The van der Waals surface area contributed by atoms with Crippen molar-refractivity contribution >= 4 is 22.1 Å². The van der Waals surface area contributed by atoms with Crippen molar-refractivity contribution in [2.75, 3.05) is 0 Å². The third kappa shape index (κ3) is 4.58. The first-order valence-electron chi connectivity index (χ1n) is 17.9. The van der Waals surface area contributed by atoms with Gasteiger partial charge < -0.3 is 4.42 Å². The summed E-state index contributed by atoms with van der Waals surface area (Å²) in [6.07, 6.45) is 8.94. The van der Waals surface area contributed by atoms with Gasteiger partial charge in [0.1, 0.15) is 11.0 Å². The molecule has 10 rings (SSSR count). The lowest BCUT2D eigenvalue weighted by molar-refractivity contribution is 0.541. The Balaban J connectivity index is 1.19. The second-order valence-corrected chi connectivity index (χ2v) is 14.6. The second kappa shape index (κ2) is 11.2. The Bertz CT molecular complexity index is 2730. The molecule has 3 heteroatoms. The van der Waals surface area contributed by atoms with E-state index in [4.69, 9.17) is 14.4 Å². The van der Waals surface area contributed by atoms with Crippen LogP contribution in [0.5, 0.6) is 0 Å². The van der Waals surface area contributed by atoms with Gasteiger partial charge >= 0.3 is 0 Å². The molecular weight excluding hydrogens is 621 g/mol. The standard InChI is InChI=1S/C48H36N2O/c1-29-34-18-10-11-20-37(34)45-38-26-32(23-25-43(38)51-46(45)44(29)30-14-6-4-7-15-30)41-28-42(50-47(49-41)31-16-8-5-9-17-31)33-22-24-36-35-19-12-13-21-39(35)48(2,3)40(36)27-33/h4-29,34H,1-3H3. The van der Waals surface area contributed by atoms with Crippen LogP contribution in [0, 0.1) is 11.8 Å². The van der Waals surface area contributed by atoms with E-state index in [9.17, 15) is 0 Å². The van der Waals surface area contributed by atoms with Crippen molar-refractivity contribution in [3.63, 3.8) is 0 Å². The van der Waals surface area contributed by atoms with Crippen molar-refractivity contribution in [1.29, 1.82) is 0 Å². The van der Waals surface area contributed by atoms with Gasteiger partial charge in [0.25, 0.3) is 0 Å². The Morgan fingerprint density at radius 3 is 2.06 bits per heavy atom. The summed E-state index contributed by atoms with van der Waals surface area (Å²) in [5.41, 5.74) is 15.8. The Morgan fingerprint density at radius 2 is 1.27 bits per heavy atom. The second-order valence-electron chi connectivity index (χ2n) is 14.6. The molecule has 5 aromatic carbocycles. The van der Waals surface area contributed by atoms with E-state index in [1.54, 1.807) is 0 Å². The van der Waals surface area contributed by atoms with Crippen LogP contribution < -0.4 is 10.6 Å². The van der Waals surface area contributed by atoms with E-state index in [1.807, 2.05) is 18.2 Å². The number of furan rings is 1. The highest BCUT2D eigenvalue weighted by atomic mass is 16.3. The fourth-order valence-corrected chi connectivity index (χ4v) is 8.70. The number of aromatic nitrogens is 2. The number of fused-ring (bicyclic) bond motifs is 7. The molecule has 0 amide bonds. The first-order valence-corrected chi connectivity index (χ1v) is 17.9. The van der Waals surface area contributed by atoms with Gasteiger partial charge in [0, 0.05) is 44.2 Å². The summed E-state index contributed by atoms with van der Waals surface area (Å²) in [6, 6.07) is 45.3. The van der Waals surface area contributed by atoms with Crippen LogP contribution in [0.15, 0.2) is 156 Å². The van der Waals surface area contributed by atoms with Crippen LogP contribution in [-0.4, -0.2) is 9.97 Å². The van der Waals surface area contributed by atoms with Gasteiger partial charge in [-0.15, -0.1) is 0 Å². The molecule has 0 spiro atoms. The normalized spacial score (nSPS) is 18.0. The third-order valence-electron chi connectivity index (χ3n) is 11.3. The Labute approximate surface area is 297 Å². The Hall–Kier alpha value is -6.06. The van der Waals surface area contributed by atoms with Crippen LogP contribution in [0.3, 0.4) is 0 Å². The summed E-state index contributed by atoms with van der Waals surface area (Å²) in [6.45, 7) is 6.97. The van der Waals surface area contributed by atoms with Gasteiger partial charge in [-0.2, -0.15) is 0 Å². The first kappa shape index (κ1) is 29.8. The monoisotopic (exact) mass is 656 g/mol. The van der Waals surface area contributed by atoms with Gasteiger partial charge in [-0.25, -0.2) is 9.97 Å². The van der Waals surface area contributed by atoms with Crippen LogP contribution in [0.2, 0.25) is 0 Å². The molecule has 0 radical (unpaired) electrons. The lowest BCUT2D eigenvalue weighted by Gasteiger charge is -2.29. The molecule has 3 nitrogen and oxygen atoms in total. The minimum atomic E-state index is -0.100. The molecule has 2 heterocycles. The van der Waals surface area contributed by atoms with Crippen LogP contribution >= 0.6 is 0 Å². The molecule has 2 atom stereocenters. The van der Waals surface area contributed by atoms with Gasteiger partial charge in [0.15, 0.2) is 5.82 Å². The summed E-state index contributed by atoms with van der Waals surface area (Å²) in [5, 5.41) is 2.30. The van der Waals surface area contributed by atoms with E-state index in [0.717, 1.165) is 44.5 Å². The zero-order valence-corrected chi connectivity index (χ0v) is 28.9. The van der Waals surface area contributed by atoms with Gasteiger partial charge in [-0.3, -0.25) is 0 Å². The molecule has 0 N–H and O–H groups in total. The van der Waals surface area contributed by atoms with E-state index in [1.165, 1.54) is 44.2 Å². The third-order valence-corrected chi connectivity index (χ3v) is 11.3. The highest BCUT2D eigenvalue weighted by molar-refractivity contribution is 5.91. The molecule has 0 fully saturated rings. The molecule has 0 aliphatic heterocycles. The van der Waals surface area contributed by atoms with E-state index >= 15 is 0 Å². The van der Waals surface area contributed by atoms with Crippen LogP contribution in [0.1, 0.15) is 37.5 Å². The van der Waals surface area contributed by atoms with Gasteiger partial charge in [-0.05, 0) is 69.6 Å². The molecule has 7 aromatic rings. The quantitative estimate of drug-likeness (QED) is 0.189. The lowest BCUT2D eigenvalue weighted by atomic mass is 9.74. The van der Waals surface area contributed by atoms with Crippen LogP contribution in [0.4, 0.5) is 0 Å². The van der Waals surface area contributed by atoms with Gasteiger partial charge in [0.05, 0.1) is 11.4 Å². The highest BCUT2D eigenvalue weighted by Gasteiger charge is 2.35. The predicted octanol–water partition coefficient (Wildman–Crippen LogP) is 10.3.